The number of hydrogen-bond acceptors (Lipinski definition) is 5. The van der Waals surface area contributed by atoms with E-state index in [0.717, 1.165) is 5.69 Å². The lowest BCUT2D eigenvalue weighted by Crippen LogP contribution is -2.13. The average molecular weight is 265 g/mol. The summed E-state index contributed by atoms with van der Waals surface area (Å²) < 4.78 is 0. The Kier molecular flexibility index (Phi) is 3.04. The van der Waals surface area contributed by atoms with E-state index in [1.54, 1.807) is 30.5 Å². The number of fused-ring (bicyclic) bond motifs is 1. The fourth-order valence-corrected chi connectivity index (χ4v) is 1.78. The van der Waals surface area contributed by atoms with Crippen LogP contribution in [0.25, 0.3) is 11.2 Å². The topological polar surface area (TPSA) is 80.7 Å². The number of nitrogens with zero attached hydrogens (tertiary/aromatic N) is 4. The molecule has 3 rings (SSSR count). The number of hydrogen-bond donors (Lipinski definition) is 1. The Hall–Kier alpha value is -2.89. The molecule has 6 nitrogen and oxygen atoms in total. The molecule has 0 atom stereocenters. The molecular weight excluding hydrogens is 254 g/mol. The molecule has 0 aliphatic rings. The summed E-state index contributed by atoms with van der Waals surface area (Å²) in [5, 5.41) is 2.73. The van der Waals surface area contributed by atoms with Crippen molar-refractivity contribution in [2.75, 3.05) is 5.32 Å². The summed E-state index contributed by atoms with van der Waals surface area (Å²) in [6, 6.07) is 8.92. The van der Waals surface area contributed by atoms with Gasteiger partial charge in [0, 0.05) is 11.8 Å². The van der Waals surface area contributed by atoms with Crippen LogP contribution in [0.1, 0.15) is 16.1 Å². The number of aryl methyl sites for hydroxylation is 1. The second-order valence-corrected chi connectivity index (χ2v) is 4.23. The summed E-state index contributed by atoms with van der Waals surface area (Å²) in [5.74, 6) is 0.115. The molecule has 1 amide bonds. The normalized spacial score (nSPS) is 10.4. The van der Waals surface area contributed by atoms with Gasteiger partial charge in [-0.05, 0) is 19.1 Å². The Morgan fingerprint density at radius 3 is 2.70 bits per heavy atom. The van der Waals surface area contributed by atoms with Crippen molar-refractivity contribution in [2.24, 2.45) is 0 Å². The predicted molar refractivity (Wildman–Crippen MR) is 74.3 cm³/mol. The summed E-state index contributed by atoms with van der Waals surface area (Å²) in [7, 11) is 0. The zero-order chi connectivity index (χ0) is 13.9. The second kappa shape index (κ2) is 5.00. The number of anilines is 1. The van der Waals surface area contributed by atoms with Crippen molar-refractivity contribution in [3.8, 4) is 0 Å². The van der Waals surface area contributed by atoms with Crippen molar-refractivity contribution in [2.45, 2.75) is 6.92 Å². The average Bonchev–Trinajstić information content (AvgIpc) is 2.48. The Morgan fingerprint density at radius 2 is 1.90 bits per heavy atom. The summed E-state index contributed by atoms with van der Waals surface area (Å²) in [5.41, 5.74) is 2.25. The number of amides is 1. The van der Waals surface area contributed by atoms with E-state index in [9.17, 15) is 4.79 Å². The smallest absolute Gasteiger partial charge is 0.256 e. The molecule has 20 heavy (non-hydrogen) atoms. The number of nitrogens with one attached hydrogen (secondary N) is 1. The molecule has 0 fully saturated rings. The van der Waals surface area contributed by atoms with Gasteiger partial charge in [-0.25, -0.2) is 19.9 Å². The summed E-state index contributed by atoms with van der Waals surface area (Å²) in [6.45, 7) is 1.83. The van der Waals surface area contributed by atoms with Gasteiger partial charge in [0.15, 0.2) is 17.0 Å². The summed E-state index contributed by atoms with van der Waals surface area (Å²) in [6.07, 6.45) is 2.97. The van der Waals surface area contributed by atoms with E-state index in [0.29, 0.717) is 22.5 Å². The molecule has 3 aromatic rings. The van der Waals surface area contributed by atoms with Gasteiger partial charge in [0.25, 0.3) is 5.91 Å². The highest BCUT2D eigenvalue weighted by Gasteiger charge is 2.11. The molecule has 98 valence electrons. The van der Waals surface area contributed by atoms with E-state index in [1.807, 2.05) is 13.0 Å². The van der Waals surface area contributed by atoms with Gasteiger partial charge in [-0.15, -0.1) is 0 Å². The second-order valence-electron chi connectivity index (χ2n) is 4.23. The molecule has 2 heterocycles. The zero-order valence-corrected chi connectivity index (χ0v) is 10.7. The number of aromatic nitrogens is 4. The predicted octanol–water partition coefficient (Wildman–Crippen LogP) is 1.98. The highest BCUT2D eigenvalue weighted by molar-refractivity contribution is 6.06. The largest absolute Gasteiger partial charge is 0.305 e. The Labute approximate surface area is 114 Å². The van der Waals surface area contributed by atoms with Gasteiger partial charge in [0.2, 0.25) is 0 Å². The molecule has 1 aromatic carbocycles. The third kappa shape index (κ3) is 2.31. The van der Waals surface area contributed by atoms with Crippen LogP contribution in [0, 0.1) is 6.92 Å². The fourth-order valence-electron chi connectivity index (χ4n) is 1.78. The first-order valence-electron chi connectivity index (χ1n) is 6.05. The molecule has 0 bridgehead atoms. The highest BCUT2D eigenvalue weighted by atomic mass is 16.1. The summed E-state index contributed by atoms with van der Waals surface area (Å²) >= 11 is 0. The number of carbonyl (C=O) groups excluding carboxylic acids is 1. The van der Waals surface area contributed by atoms with Gasteiger partial charge in [-0.2, -0.15) is 0 Å². The van der Waals surface area contributed by atoms with Crippen molar-refractivity contribution in [1.82, 2.24) is 19.9 Å². The first-order valence-corrected chi connectivity index (χ1v) is 6.05. The molecule has 2 aromatic heterocycles. The standard InChI is InChI=1S/C14H11N5O/c1-9-7-15-11-12(18-9)16-8-17-13(11)19-14(20)10-5-3-2-4-6-10/h2-8H,1H3,(H,16,17,18,19,20). The van der Waals surface area contributed by atoms with Crippen molar-refractivity contribution in [3.63, 3.8) is 0 Å². The van der Waals surface area contributed by atoms with Crippen molar-refractivity contribution >= 4 is 22.9 Å². The highest BCUT2D eigenvalue weighted by Crippen LogP contribution is 2.15. The van der Waals surface area contributed by atoms with Crippen LogP contribution in [-0.2, 0) is 0 Å². The quantitative estimate of drug-likeness (QED) is 0.766. The van der Waals surface area contributed by atoms with E-state index in [4.69, 9.17) is 0 Å². The Balaban J connectivity index is 1.97. The minimum atomic E-state index is -0.243. The molecule has 6 heteroatoms. The molecule has 0 saturated carbocycles. The Bertz CT molecular complexity index is 773. The van der Waals surface area contributed by atoms with Gasteiger partial charge in [-0.3, -0.25) is 4.79 Å². The van der Waals surface area contributed by atoms with Gasteiger partial charge in [0.05, 0.1) is 5.69 Å². The molecule has 0 aliphatic heterocycles. The fraction of sp³-hybridized carbons (Fsp3) is 0.0714. The zero-order valence-electron chi connectivity index (χ0n) is 10.7. The van der Waals surface area contributed by atoms with Gasteiger partial charge < -0.3 is 5.32 Å². The van der Waals surface area contributed by atoms with Crippen LogP contribution in [0.3, 0.4) is 0 Å². The first kappa shape index (κ1) is 12.2. The van der Waals surface area contributed by atoms with E-state index < -0.39 is 0 Å². The van der Waals surface area contributed by atoms with E-state index >= 15 is 0 Å². The van der Waals surface area contributed by atoms with Crippen molar-refractivity contribution < 1.29 is 4.79 Å². The van der Waals surface area contributed by atoms with Gasteiger partial charge in [0.1, 0.15) is 6.33 Å². The molecule has 0 saturated heterocycles. The molecule has 0 aliphatic carbocycles. The molecule has 0 unspecified atom stereocenters. The van der Waals surface area contributed by atoms with Crippen LogP contribution in [0.4, 0.5) is 5.82 Å². The SMILES string of the molecule is Cc1cnc2c(NC(=O)c3ccccc3)ncnc2n1. The van der Waals surface area contributed by atoms with Crippen LogP contribution >= 0.6 is 0 Å². The maximum absolute atomic E-state index is 12.1. The van der Waals surface area contributed by atoms with Gasteiger partial charge >= 0.3 is 0 Å². The number of rotatable bonds is 2. The maximum atomic E-state index is 12.1. The van der Waals surface area contributed by atoms with E-state index in [2.05, 4.69) is 25.3 Å². The molecule has 0 spiro atoms. The molecule has 1 N–H and O–H groups in total. The summed E-state index contributed by atoms with van der Waals surface area (Å²) in [4.78, 5) is 28.7. The van der Waals surface area contributed by atoms with Gasteiger partial charge in [-0.1, -0.05) is 18.2 Å². The third-order valence-electron chi connectivity index (χ3n) is 2.73. The number of carbonyl (C=O) groups is 1. The van der Waals surface area contributed by atoms with Crippen molar-refractivity contribution in [3.05, 3.63) is 54.1 Å². The maximum Gasteiger partial charge on any atom is 0.256 e. The Morgan fingerprint density at radius 1 is 1.10 bits per heavy atom. The van der Waals surface area contributed by atoms with Crippen LogP contribution in [0.5, 0.6) is 0 Å². The van der Waals surface area contributed by atoms with Crippen LogP contribution in [-0.4, -0.2) is 25.8 Å². The lowest BCUT2D eigenvalue weighted by atomic mass is 10.2. The van der Waals surface area contributed by atoms with E-state index in [1.165, 1.54) is 6.33 Å². The lowest BCUT2D eigenvalue weighted by Gasteiger charge is -2.06. The van der Waals surface area contributed by atoms with E-state index in [-0.39, 0.29) is 5.91 Å². The minimum Gasteiger partial charge on any atom is -0.305 e. The monoisotopic (exact) mass is 265 g/mol. The van der Waals surface area contributed by atoms with Crippen LogP contribution < -0.4 is 5.32 Å². The minimum absolute atomic E-state index is 0.243. The third-order valence-corrected chi connectivity index (χ3v) is 2.73. The molecular formula is C14H11N5O. The first-order chi connectivity index (χ1) is 9.74. The lowest BCUT2D eigenvalue weighted by molar-refractivity contribution is 0.102. The van der Waals surface area contributed by atoms with Crippen molar-refractivity contribution in [1.29, 1.82) is 0 Å². The van der Waals surface area contributed by atoms with Crippen LogP contribution in [0.15, 0.2) is 42.9 Å². The van der Waals surface area contributed by atoms with Crippen LogP contribution in [0.2, 0.25) is 0 Å². The molecule has 0 radical (unpaired) electrons. The number of benzene rings is 1.